The highest BCUT2D eigenvalue weighted by molar-refractivity contribution is 7.89. The fraction of sp³-hybridized carbons (Fsp3) is 0.400. The van der Waals surface area contributed by atoms with Crippen molar-refractivity contribution in [2.45, 2.75) is 23.7 Å². The first-order valence-electron chi connectivity index (χ1n) is 7.74. The van der Waals surface area contributed by atoms with E-state index in [0.29, 0.717) is 16.8 Å². The summed E-state index contributed by atoms with van der Waals surface area (Å²) < 4.78 is 78.4. The zero-order chi connectivity index (χ0) is 18.9. The standard InChI is InChI=1S/C15H16F4N4O2S/c16-12-3-1-2-11(6-12)14-8-20-4-5-23(14)26(24,25)13-7-21-22(9-13)10-15(17,18)19/h1-3,6-7,9,14,20H,4-5,8,10H2. The molecule has 1 aromatic carbocycles. The summed E-state index contributed by atoms with van der Waals surface area (Å²) in [5.74, 6) is -0.497. The Balaban J connectivity index is 1.91. The lowest BCUT2D eigenvalue weighted by Crippen LogP contribution is -2.48. The zero-order valence-electron chi connectivity index (χ0n) is 13.4. The zero-order valence-corrected chi connectivity index (χ0v) is 14.3. The highest BCUT2D eigenvalue weighted by Crippen LogP contribution is 2.29. The molecule has 1 atom stereocenters. The van der Waals surface area contributed by atoms with Gasteiger partial charge in [-0.3, -0.25) is 4.68 Å². The van der Waals surface area contributed by atoms with E-state index in [4.69, 9.17) is 0 Å². The van der Waals surface area contributed by atoms with Crippen LogP contribution in [-0.4, -0.2) is 48.3 Å². The minimum Gasteiger partial charge on any atom is -0.313 e. The van der Waals surface area contributed by atoms with Crippen LogP contribution in [0.5, 0.6) is 0 Å². The lowest BCUT2D eigenvalue weighted by molar-refractivity contribution is -0.142. The van der Waals surface area contributed by atoms with Gasteiger partial charge in [0.05, 0.1) is 12.2 Å². The molecule has 26 heavy (non-hydrogen) atoms. The number of sulfonamides is 1. The number of rotatable bonds is 4. The van der Waals surface area contributed by atoms with Gasteiger partial charge in [-0.2, -0.15) is 22.6 Å². The molecule has 1 fully saturated rings. The molecule has 6 nitrogen and oxygen atoms in total. The largest absolute Gasteiger partial charge is 0.408 e. The fourth-order valence-electron chi connectivity index (χ4n) is 2.85. The van der Waals surface area contributed by atoms with Gasteiger partial charge in [0.25, 0.3) is 0 Å². The molecule has 1 unspecified atom stereocenters. The maximum Gasteiger partial charge on any atom is 0.408 e. The first-order valence-corrected chi connectivity index (χ1v) is 9.18. The van der Waals surface area contributed by atoms with Crippen molar-refractivity contribution in [3.63, 3.8) is 0 Å². The van der Waals surface area contributed by atoms with Gasteiger partial charge in [0.15, 0.2) is 0 Å². The number of aromatic nitrogens is 2. The van der Waals surface area contributed by atoms with Crippen LogP contribution in [0.3, 0.4) is 0 Å². The van der Waals surface area contributed by atoms with Gasteiger partial charge in [-0.15, -0.1) is 0 Å². The monoisotopic (exact) mass is 392 g/mol. The minimum atomic E-state index is -4.51. The van der Waals surface area contributed by atoms with Crippen molar-refractivity contribution in [2.75, 3.05) is 19.6 Å². The second kappa shape index (κ2) is 6.97. The smallest absolute Gasteiger partial charge is 0.313 e. The van der Waals surface area contributed by atoms with E-state index in [-0.39, 0.29) is 18.0 Å². The highest BCUT2D eigenvalue weighted by Gasteiger charge is 2.36. The molecule has 0 bridgehead atoms. The number of nitrogens with zero attached hydrogens (tertiary/aromatic N) is 3. The first-order chi connectivity index (χ1) is 12.2. The maximum atomic E-state index is 13.5. The molecule has 1 aliphatic heterocycles. The fourth-order valence-corrected chi connectivity index (χ4v) is 4.42. The van der Waals surface area contributed by atoms with Gasteiger partial charge < -0.3 is 5.32 Å². The summed E-state index contributed by atoms with van der Waals surface area (Å²) in [5.41, 5.74) is 0.462. The molecule has 0 radical (unpaired) electrons. The van der Waals surface area contributed by atoms with Crippen LogP contribution in [0, 0.1) is 5.82 Å². The van der Waals surface area contributed by atoms with E-state index < -0.39 is 34.6 Å². The third kappa shape index (κ3) is 4.05. The number of benzene rings is 1. The highest BCUT2D eigenvalue weighted by atomic mass is 32.2. The quantitative estimate of drug-likeness (QED) is 0.808. The maximum absolute atomic E-state index is 13.5. The summed E-state index contributed by atoms with van der Waals surface area (Å²) in [5, 5.41) is 6.53. The molecule has 1 saturated heterocycles. The van der Waals surface area contributed by atoms with Gasteiger partial charge in [-0.05, 0) is 17.7 Å². The topological polar surface area (TPSA) is 67.2 Å². The summed E-state index contributed by atoms with van der Waals surface area (Å²) in [6.07, 6.45) is -2.76. The Morgan fingerprint density at radius 3 is 2.77 bits per heavy atom. The van der Waals surface area contributed by atoms with E-state index >= 15 is 0 Å². The van der Waals surface area contributed by atoms with E-state index in [0.717, 1.165) is 16.7 Å². The van der Waals surface area contributed by atoms with E-state index in [1.165, 1.54) is 18.2 Å². The molecule has 0 spiro atoms. The van der Waals surface area contributed by atoms with Gasteiger partial charge in [-0.25, -0.2) is 12.8 Å². The Hall–Kier alpha value is -1.98. The number of alkyl halides is 3. The van der Waals surface area contributed by atoms with Gasteiger partial charge in [0.1, 0.15) is 17.3 Å². The van der Waals surface area contributed by atoms with Crippen LogP contribution in [0.15, 0.2) is 41.6 Å². The van der Waals surface area contributed by atoms with Crippen molar-refractivity contribution in [3.05, 3.63) is 48.0 Å². The Bertz CT molecular complexity index is 882. The van der Waals surface area contributed by atoms with Gasteiger partial charge in [-0.1, -0.05) is 12.1 Å². The van der Waals surface area contributed by atoms with Crippen LogP contribution >= 0.6 is 0 Å². The summed E-state index contributed by atoms with van der Waals surface area (Å²) in [6.45, 7) is -0.632. The Labute approximate surface area is 147 Å². The molecule has 142 valence electrons. The molecule has 1 aromatic heterocycles. The second-order valence-corrected chi connectivity index (χ2v) is 7.77. The summed E-state index contributed by atoms with van der Waals surface area (Å²) in [6, 6.07) is 4.91. The van der Waals surface area contributed by atoms with Crippen molar-refractivity contribution in [1.29, 1.82) is 0 Å². The van der Waals surface area contributed by atoms with Gasteiger partial charge in [0.2, 0.25) is 10.0 Å². The van der Waals surface area contributed by atoms with Crippen LogP contribution < -0.4 is 5.32 Å². The van der Waals surface area contributed by atoms with Crippen molar-refractivity contribution < 1.29 is 26.0 Å². The Kier molecular flexibility index (Phi) is 5.04. The van der Waals surface area contributed by atoms with Crippen molar-refractivity contribution in [3.8, 4) is 0 Å². The Morgan fingerprint density at radius 2 is 2.08 bits per heavy atom. The third-order valence-corrected chi connectivity index (χ3v) is 5.85. The molecule has 1 aliphatic rings. The van der Waals surface area contributed by atoms with E-state index in [2.05, 4.69) is 10.4 Å². The van der Waals surface area contributed by atoms with Crippen LogP contribution in [0.2, 0.25) is 0 Å². The molecule has 0 amide bonds. The second-order valence-electron chi connectivity index (χ2n) is 5.88. The minimum absolute atomic E-state index is 0.105. The lowest BCUT2D eigenvalue weighted by Gasteiger charge is -2.35. The lowest BCUT2D eigenvalue weighted by atomic mass is 10.1. The summed E-state index contributed by atoms with van der Waals surface area (Å²) >= 11 is 0. The van der Waals surface area contributed by atoms with Crippen LogP contribution in [0.1, 0.15) is 11.6 Å². The number of hydrogen-bond acceptors (Lipinski definition) is 4. The number of hydrogen-bond donors (Lipinski definition) is 1. The van der Waals surface area contributed by atoms with Crippen LogP contribution in [0.25, 0.3) is 0 Å². The Morgan fingerprint density at radius 1 is 1.31 bits per heavy atom. The average Bonchev–Trinajstić information content (AvgIpc) is 3.02. The van der Waals surface area contributed by atoms with E-state index in [1.54, 1.807) is 6.07 Å². The first kappa shape index (κ1) is 18.8. The number of piperazine rings is 1. The van der Waals surface area contributed by atoms with Crippen LogP contribution in [0.4, 0.5) is 17.6 Å². The molecule has 2 aromatic rings. The molecular formula is C15H16F4N4O2S. The molecule has 3 rings (SSSR count). The van der Waals surface area contributed by atoms with E-state index in [1.807, 2.05) is 0 Å². The molecule has 2 heterocycles. The van der Waals surface area contributed by atoms with Crippen molar-refractivity contribution in [1.82, 2.24) is 19.4 Å². The van der Waals surface area contributed by atoms with Gasteiger partial charge >= 0.3 is 6.18 Å². The SMILES string of the molecule is O=S(=O)(c1cnn(CC(F)(F)F)c1)N1CCNCC1c1cccc(F)c1. The molecule has 0 aliphatic carbocycles. The predicted octanol–water partition coefficient (Wildman–Crippen LogP) is 1.92. The molecular weight excluding hydrogens is 376 g/mol. The van der Waals surface area contributed by atoms with Crippen LogP contribution in [-0.2, 0) is 16.6 Å². The average molecular weight is 392 g/mol. The third-order valence-electron chi connectivity index (χ3n) is 3.99. The van der Waals surface area contributed by atoms with Crippen molar-refractivity contribution >= 4 is 10.0 Å². The predicted molar refractivity (Wildman–Crippen MR) is 84.2 cm³/mol. The van der Waals surface area contributed by atoms with E-state index in [9.17, 15) is 26.0 Å². The summed E-state index contributed by atoms with van der Waals surface area (Å²) in [4.78, 5) is -0.329. The molecule has 1 N–H and O–H groups in total. The number of halogens is 4. The van der Waals surface area contributed by atoms with Crippen molar-refractivity contribution in [2.24, 2.45) is 0 Å². The molecule has 11 heteroatoms. The molecule has 0 saturated carbocycles. The number of nitrogens with one attached hydrogen (secondary N) is 1. The van der Waals surface area contributed by atoms with Gasteiger partial charge in [0, 0.05) is 25.8 Å². The summed E-state index contributed by atoms with van der Waals surface area (Å²) in [7, 11) is -4.09. The normalized spacial score (nSPS) is 19.6.